The number of hydrogen-bond acceptors (Lipinski definition) is 1. The first-order chi connectivity index (χ1) is 8.43. The molecule has 0 spiro atoms. The number of rotatable bonds is 0. The molecule has 84 valence electrons. The molecule has 0 bridgehead atoms. The predicted molar refractivity (Wildman–Crippen MR) is 72.0 cm³/mol. The summed E-state index contributed by atoms with van der Waals surface area (Å²) in [5, 5.41) is 6.36. The van der Waals surface area contributed by atoms with Crippen molar-refractivity contribution in [3.8, 4) is 0 Å². The van der Waals surface area contributed by atoms with Crippen molar-refractivity contribution in [3.05, 3.63) is 53.1 Å². The first-order valence-corrected chi connectivity index (χ1v) is 6.35. The van der Waals surface area contributed by atoms with Crippen LogP contribution in [0.4, 0.5) is 0 Å². The van der Waals surface area contributed by atoms with E-state index >= 15 is 0 Å². The fourth-order valence-corrected chi connectivity index (χ4v) is 3.31. The molecule has 1 aliphatic heterocycles. The van der Waals surface area contributed by atoms with Gasteiger partial charge in [-0.2, -0.15) is 0 Å². The molecule has 1 atom stereocenters. The zero-order chi connectivity index (χ0) is 11.2. The Morgan fingerprint density at radius 2 is 2.12 bits per heavy atom. The van der Waals surface area contributed by atoms with E-state index in [1.165, 1.54) is 28.3 Å². The zero-order valence-corrected chi connectivity index (χ0v) is 9.74. The van der Waals surface area contributed by atoms with Crippen molar-refractivity contribution in [3.63, 3.8) is 0 Å². The lowest BCUT2D eigenvalue weighted by atomic mass is 9.79. The van der Waals surface area contributed by atoms with Crippen molar-refractivity contribution in [1.82, 2.24) is 5.32 Å². The molecule has 2 aliphatic rings. The van der Waals surface area contributed by atoms with E-state index < -0.39 is 0 Å². The molecule has 0 saturated carbocycles. The molecule has 1 heterocycles. The molecule has 17 heavy (non-hydrogen) atoms. The number of hydrogen-bond donors (Lipinski definition) is 1. The first-order valence-electron chi connectivity index (χ1n) is 6.35. The van der Waals surface area contributed by atoms with E-state index in [0.29, 0.717) is 5.92 Å². The highest BCUT2D eigenvalue weighted by Gasteiger charge is 2.25. The van der Waals surface area contributed by atoms with Crippen LogP contribution in [0.15, 0.2) is 36.4 Å². The van der Waals surface area contributed by atoms with Gasteiger partial charge in [-0.3, -0.25) is 0 Å². The molecule has 0 fully saturated rings. The summed E-state index contributed by atoms with van der Waals surface area (Å²) >= 11 is 0. The van der Waals surface area contributed by atoms with E-state index in [-0.39, 0.29) is 0 Å². The van der Waals surface area contributed by atoms with Crippen molar-refractivity contribution in [2.24, 2.45) is 0 Å². The van der Waals surface area contributed by atoms with Gasteiger partial charge in [-0.15, -0.1) is 0 Å². The molecule has 0 aromatic heterocycles. The molecular weight excluding hydrogens is 206 g/mol. The normalized spacial score (nSPS) is 21.5. The average Bonchev–Trinajstić information content (AvgIpc) is 2.39. The van der Waals surface area contributed by atoms with Gasteiger partial charge in [0.15, 0.2) is 0 Å². The molecule has 2 aromatic rings. The highest BCUT2D eigenvalue weighted by molar-refractivity contribution is 5.90. The fraction of sp³-hybridized carbons (Fsp3) is 0.250. The highest BCUT2D eigenvalue weighted by atomic mass is 14.9. The minimum absolute atomic E-state index is 0.684. The van der Waals surface area contributed by atoms with Crippen LogP contribution in [0.1, 0.15) is 29.0 Å². The van der Waals surface area contributed by atoms with Crippen molar-refractivity contribution in [2.75, 3.05) is 6.54 Å². The topological polar surface area (TPSA) is 12.0 Å². The van der Waals surface area contributed by atoms with Gasteiger partial charge in [-0.05, 0) is 39.9 Å². The summed E-state index contributed by atoms with van der Waals surface area (Å²) in [6.07, 6.45) is 5.80. The molecule has 1 heteroatoms. The van der Waals surface area contributed by atoms with Crippen LogP contribution in [0, 0.1) is 0 Å². The summed E-state index contributed by atoms with van der Waals surface area (Å²) in [5.74, 6) is 0.684. The maximum atomic E-state index is 3.56. The first kappa shape index (κ1) is 9.43. The summed E-state index contributed by atoms with van der Waals surface area (Å²) in [6, 6.07) is 11.1. The Balaban J connectivity index is 2.14. The van der Waals surface area contributed by atoms with E-state index in [1.807, 2.05) is 0 Å². The predicted octanol–water partition coefficient (Wildman–Crippen LogP) is 3.44. The van der Waals surface area contributed by atoms with Crippen LogP contribution >= 0.6 is 0 Å². The van der Waals surface area contributed by atoms with Crippen molar-refractivity contribution < 1.29 is 0 Å². The number of nitrogens with one attached hydrogen (secondary N) is 1. The van der Waals surface area contributed by atoms with Crippen LogP contribution in [0.2, 0.25) is 0 Å². The lowest BCUT2D eigenvalue weighted by molar-refractivity contribution is 0.544. The van der Waals surface area contributed by atoms with E-state index in [0.717, 1.165) is 13.1 Å². The number of fused-ring (bicyclic) bond motifs is 2. The zero-order valence-electron chi connectivity index (χ0n) is 9.74. The molecule has 4 rings (SSSR count). The van der Waals surface area contributed by atoms with Gasteiger partial charge in [0, 0.05) is 19.0 Å². The van der Waals surface area contributed by atoms with Crippen molar-refractivity contribution in [1.29, 1.82) is 0 Å². The van der Waals surface area contributed by atoms with Gasteiger partial charge < -0.3 is 5.32 Å². The van der Waals surface area contributed by atoms with Gasteiger partial charge in [-0.1, -0.05) is 36.4 Å². The van der Waals surface area contributed by atoms with Crippen LogP contribution in [0.3, 0.4) is 0 Å². The van der Waals surface area contributed by atoms with Gasteiger partial charge in [0.05, 0.1) is 0 Å². The smallest absolute Gasteiger partial charge is 0.0214 e. The average molecular weight is 221 g/mol. The minimum atomic E-state index is 0.684. The number of benzene rings is 2. The van der Waals surface area contributed by atoms with Crippen LogP contribution in [0.25, 0.3) is 16.8 Å². The Morgan fingerprint density at radius 1 is 1.18 bits per heavy atom. The summed E-state index contributed by atoms with van der Waals surface area (Å²) < 4.78 is 0. The van der Waals surface area contributed by atoms with Crippen LogP contribution in [0.5, 0.6) is 0 Å². The molecule has 1 N–H and O–H groups in total. The van der Waals surface area contributed by atoms with Crippen LogP contribution < -0.4 is 5.32 Å². The minimum Gasteiger partial charge on any atom is -0.312 e. The van der Waals surface area contributed by atoms with Gasteiger partial charge >= 0.3 is 0 Å². The highest BCUT2D eigenvalue weighted by Crippen LogP contribution is 2.38. The van der Waals surface area contributed by atoms with Crippen molar-refractivity contribution >= 4 is 16.8 Å². The Kier molecular flexibility index (Phi) is 1.91. The molecule has 0 saturated heterocycles. The van der Waals surface area contributed by atoms with E-state index in [1.54, 1.807) is 5.56 Å². The Labute approximate surface area is 101 Å². The molecule has 0 radical (unpaired) electrons. The summed E-state index contributed by atoms with van der Waals surface area (Å²) in [7, 11) is 0. The van der Waals surface area contributed by atoms with E-state index in [2.05, 4.69) is 47.8 Å². The quantitative estimate of drug-likeness (QED) is 0.718. The third-order valence-electron chi connectivity index (χ3n) is 4.05. The van der Waals surface area contributed by atoms with E-state index in [9.17, 15) is 0 Å². The molecule has 1 aliphatic carbocycles. The van der Waals surface area contributed by atoms with Crippen LogP contribution in [-0.2, 0) is 6.54 Å². The largest absolute Gasteiger partial charge is 0.312 e. The maximum Gasteiger partial charge on any atom is 0.0214 e. The second-order valence-corrected chi connectivity index (χ2v) is 5.05. The summed E-state index contributed by atoms with van der Waals surface area (Å²) in [5.41, 5.74) is 4.57. The lowest BCUT2D eigenvalue weighted by Gasteiger charge is -2.31. The SMILES string of the molecule is C1=Cc2cc3ccccc3c3c2C(C1)CNC3. The molecule has 1 unspecified atom stereocenters. The second kappa shape index (κ2) is 3.44. The Hall–Kier alpha value is -1.60. The van der Waals surface area contributed by atoms with Crippen LogP contribution in [-0.4, -0.2) is 6.54 Å². The fourth-order valence-electron chi connectivity index (χ4n) is 3.31. The molecule has 2 aromatic carbocycles. The monoisotopic (exact) mass is 221 g/mol. The van der Waals surface area contributed by atoms with E-state index in [4.69, 9.17) is 0 Å². The lowest BCUT2D eigenvalue weighted by Crippen LogP contribution is -2.29. The summed E-state index contributed by atoms with van der Waals surface area (Å²) in [4.78, 5) is 0. The summed E-state index contributed by atoms with van der Waals surface area (Å²) in [6.45, 7) is 2.15. The number of allylic oxidation sites excluding steroid dienone is 1. The van der Waals surface area contributed by atoms with Gasteiger partial charge in [-0.25, -0.2) is 0 Å². The van der Waals surface area contributed by atoms with Gasteiger partial charge in [0.25, 0.3) is 0 Å². The third-order valence-corrected chi connectivity index (χ3v) is 4.05. The molecular formula is C16H15N. The Bertz CT molecular complexity index is 625. The maximum absolute atomic E-state index is 3.56. The Morgan fingerprint density at radius 3 is 3.12 bits per heavy atom. The second-order valence-electron chi connectivity index (χ2n) is 5.05. The molecule has 1 nitrogen and oxygen atoms in total. The third kappa shape index (κ3) is 1.29. The van der Waals surface area contributed by atoms with Gasteiger partial charge in [0.2, 0.25) is 0 Å². The van der Waals surface area contributed by atoms with Gasteiger partial charge in [0.1, 0.15) is 0 Å². The molecule has 0 amide bonds. The van der Waals surface area contributed by atoms with Crippen molar-refractivity contribution in [2.45, 2.75) is 18.9 Å². The standard InChI is InChI=1S/C16H15N/c1-2-7-14-11(4-1)8-12-5-3-6-13-9-17-10-15(14)16(12)13/h1-5,7-8,13,17H,6,9-10H2.